The molecule has 0 heterocycles. The van der Waals surface area contributed by atoms with Gasteiger partial charge in [0.1, 0.15) is 0 Å². The van der Waals surface area contributed by atoms with Crippen molar-refractivity contribution in [1.82, 2.24) is 0 Å². The second-order valence-electron chi connectivity index (χ2n) is 0.105. The molecule has 13 heavy (non-hydrogen) atoms. The first kappa shape index (κ1) is 555. The van der Waals surface area contributed by atoms with E-state index in [-0.39, 0.29) is 54.8 Å². The molecule has 1 unspecified atom stereocenters. The molecule has 0 aromatic carbocycles. The molecule has 0 aliphatic heterocycles. The summed E-state index contributed by atoms with van der Waals surface area (Å²) in [6.07, 6.45) is 0. The molecule has 0 spiro atoms. The lowest BCUT2D eigenvalue weighted by Gasteiger charge is -1.33. The van der Waals surface area contributed by atoms with Crippen molar-refractivity contribution in [2.45, 2.75) is 0 Å². The van der Waals surface area contributed by atoms with E-state index in [1.54, 1.807) is 0 Å². The minimum absolute atomic E-state index is 0. The van der Waals surface area contributed by atoms with Crippen molar-refractivity contribution in [1.29, 1.82) is 0 Å². The van der Waals surface area contributed by atoms with E-state index >= 15 is 0 Å². The Bertz CT molecular complexity index is 12.6. The van der Waals surface area contributed by atoms with E-state index in [9.17, 15) is 0 Å². The van der Waals surface area contributed by atoms with Gasteiger partial charge in [-0.25, -0.2) is 0 Å². The third-order valence-electron chi connectivity index (χ3n) is 0. The maximum atomic E-state index is 8.57. The van der Waals surface area contributed by atoms with Crippen molar-refractivity contribution >= 4 is 8.69 Å². The molecule has 21 N–H and O–H groups in total. The monoisotopic (exact) mass is 246 g/mol. The van der Waals surface area contributed by atoms with Crippen LogP contribution < -0.4 is 0 Å². The predicted molar refractivity (Wildman–Crippen MR) is 48.8 cm³/mol. The Hall–Kier alpha value is -0.210. The number of rotatable bonds is 0. The van der Waals surface area contributed by atoms with Gasteiger partial charge in [-0.1, -0.05) is 0 Å². The summed E-state index contributed by atoms with van der Waals surface area (Å²) >= 11 is 0. The Balaban J connectivity index is -0.000000000444. The minimum atomic E-state index is -1.50. The maximum absolute atomic E-state index is 8.57. The highest BCUT2D eigenvalue weighted by atomic mass is 31.1. The average molecular weight is 246 g/mol. The van der Waals surface area contributed by atoms with Crippen molar-refractivity contribution in [3.05, 3.63) is 0 Å². The lowest BCUT2D eigenvalue weighted by molar-refractivity contribution is 0.524. The molecular formula is H23O12P. The fourth-order valence-electron chi connectivity index (χ4n) is 0. The molecule has 0 saturated heterocycles. The highest BCUT2D eigenvalue weighted by molar-refractivity contribution is 7.16. The second-order valence-corrected chi connectivity index (χ2v) is 0.316. The molecule has 0 rings (SSSR count). The van der Waals surface area contributed by atoms with Crippen molar-refractivity contribution in [2.75, 3.05) is 0 Å². The fraction of sp³-hybridized carbons (Fsp3) is 0. The standard InChI is InChI=1S/H3O2P.10H2O/c1-3-2;;;;;;;;;;/h3H2,(H,1,2);10*1H2. The summed E-state index contributed by atoms with van der Waals surface area (Å²) in [4.78, 5) is 7.10. The Morgan fingerprint density at radius 1 is 0.538 bits per heavy atom. The van der Waals surface area contributed by atoms with E-state index < -0.39 is 8.69 Å². The molecule has 0 aliphatic rings. The largest absolute Gasteiger partial charge is 0.412 e. The summed E-state index contributed by atoms with van der Waals surface area (Å²) in [7, 11) is -1.50. The van der Waals surface area contributed by atoms with Gasteiger partial charge in [0.2, 0.25) is 0 Å². The zero-order valence-corrected chi connectivity index (χ0v) is 7.59. The zero-order valence-electron chi connectivity index (χ0n) is 6.43. The van der Waals surface area contributed by atoms with Crippen LogP contribution in [0.25, 0.3) is 0 Å². The molecule has 0 aliphatic carbocycles. The van der Waals surface area contributed by atoms with Crippen molar-refractivity contribution in [3.63, 3.8) is 0 Å². The second kappa shape index (κ2) is 2200. The fourth-order valence-corrected chi connectivity index (χ4v) is 0. The normalized spacial score (nSPS) is 2.23. The predicted octanol–water partition coefficient (Wildman–Crippen LogP) is -8.60. The summed E-state index contributed by atoms with van der Waals surface area (Å²) < 4.78 is 8.57. The SMILES string of the molecule is O.O.O.O.O.O.O.O.O.O.O=[PH2]O. The van der Waals surface area contributed by atoms with E-state index in [1.807, 2.05) is 0 Å². The average Bonchev–Trinajstić information content (AvgIpc) is 0.918. The van der Waals surface area contributed by atoms with Crippen LogP contribution in [0.1, 0.15) is 0 Å². The van der Waals surface area contributed by atoms with Gasteiger partial charge in [0.05, 0.1) is 0 Å². The summed E-state index contributed by atoms with van der Waals surface area (Å²) in [6.45, 7) is 0. The molecular weight excluding hydrogens is 223 g/mol. The molecule has 0 bridgehead atoms. The number of hydrogen-bond donors (Lipinski definition) is 1. The van der Waals surface area contributed by atoms with Gasteiger partial charge in [0, 0.05) is 0 Å². The molecule has 0 amide bonds. The van der Waals surface area contributed by atoms with Crippen LogP contribution in [0.4, 0.5) is 0 Å². The first-order chi connectivity index (χ1) is 1.41. The number of hydrogen-bond acceptors (Lipinski definition) is 1. The van der Waals surface area contributed by atoms with Crippen LogP contribution in [-0.4, -0.2) is 59.7 Å². The van der Waals surface area contributed by atoms with E-state index in [1.165, 1.54) is 0 Å². The van der Waals surface area contributed by atoms with Crippen LogP contribution in [-0.2, 0) is 4.57 Å². The van der Waals surface area contributed by atoms with Crippen LogP contribution >= 0.6 is 8.69 Å². The van der Waals surface area contributed by atoms with Crippen LogP contribution in [0.5, 0.6) is 0 Å². The molecule has 0 radical (unpaired) electrons. The Morgan fingerprint density at radius 3 is 0.538 bits per heavy atom. The highest BCUT2D eigenvalue weighted by Crippen LogP contribution is 1.66. The quantitative estimate of drug-likeness (QED) is 0.406. The molecule has 0 aromatic heterocycles. The van der Waals surface area contributed by atoms with Gasteiger partial charge in [-0.3, -0.25) is 4.57 Å². The lowest BCUT2D eigenvalue weighted by atomic mass is 15.9. The molecule has 0 saturated carbocycles. The van der Waals surface area contributed by atoms with E-state index in [4.69, 9.17) is 9.46 Å². The van der Waals surface area contributed by atoms with Gasteiger partial charge < -0.3 is 59.7 Å². The first-order valence-corrected chi connectivity index (χ1v) is 1.48. The third-order valence-corrected chi connectivity index (χ3v) is 0. The molecule has 1 atom stereocenters. The summed E-state index contributed by atoms with van der Waals surface area (Å²) in [5.74, 6) is 0. The molecule has 0 fully saturated rings. The van der Waals surface area contributed by atoms with Gasteiger partial charge in [-0.05, 0) is 0 Å². The topological polar surface area (TPSA) is 352 Å². The summed E-state index contributed by atoms with van der Waals surface area (Å²) in [6, 6.07) is 0. The van der Waals surface area contributed by atoms with Gasteiger partial charge in [-0.2, -0.15) is 0 Å². The van der Waals surface area contributed by atoms with Gasteiger partial charge in [0.25, 0.3) is 0 Å². The summed E-state index contributed by atoms with van der Waals surface area (Å²) in [5.41, 5.74) is 0. The zero-order chi connectivity index (χ0) is 2.71. The van der Waals surface area contributed by atoms with Crippen molar-refractivity contribution in [2.24, 2.45) is 0 Å². The maximum Gasteiger partial charge on any atom is 0.177 e. The molecule has 100 valence electrons. The van der Waals surface area contributed by atoms with E-state index in [2.05, 4.69) is 0 Å². The minimum Gasteiger partial charge on any atom is -0.412 e. The van der Waals surface area contributed by atoms with Gasteiger partial charge in [-0.15, -0.1) is 0 Å². The van der Waals surface area contributed by atoms with Crippen LogP contribution in [0, 0.1) is 0 Å². The van der Waals surface area contributed by atoms with Crippen molar-refractivity contribution < 1.29 is 64.2 Å². The molecule has 12 nitrogen and oxygen atoms in total. The molecule has 0 aromatic rings. The van der Waals surface area contributed by atoms with Gasteiger partial charge in [0.15, 0.2) is 8.69 Å². The van der Waals surface area contributed by atoms with E-state index in [0.717, 1.165) is 0 Å². The summed E-state index contributed by atoms with van der Waals surface area (Å²) in [5, 5.41) is 0. The van der Waals surface area contributed by atoms with Gasteiger partial charge >= 0.3 is 0 Å². The van der Waals surface area contributed by atoms with Crippen LogP contribution in [0.15, 0.2) is 0 Å². The van der Waals surface area contributed by atoms with E-state index in [0.29, 0.717) is 0 Å². The first-order valence-electron chi connectivity index (χ1n) is 0.494. The smallest absolute Gasteiger partial charge is 0.177 e. The van der Waals surface area contributed by atoms with Crippen LogP contribution in [0.2, 0.25) is 0 Å². The Morgan fingerprint density at radius 2 is 0.538 bits per heavy atom. The highest BCUT2D eigenvalue weighted by Gasteiger charge is 1.17. The lowest BCUT2D eigenvalue weighted by Crippen LogP contribution is -1.03. The van der Waals surface area contributed by atoms with Crippen LogP contribution in [0.3, 0.4) is 0 Å². The molecule has 13 heteroatoms. The van der Waals surface area contributed by atoms with Crippen molar-refractivity contribution in [3.8, 4) is 0 Å². The third kappa shape index (κ3) is 25600. The Labute approximate surface area is 74.2 Å². The Kier molecular flexibility index (Phi) is 93900.